The molecule has 6 heteroatoms. The van der Waals surface area contributed by atoms with E-state index in [1.165, 1.54) is 4.90 Å². The Labute approximate surface area is 167 Å². The maximum atomic E-state index is 13.3. The highest BCUT2D eigenvalue weighted by Crippen LogP contribution is 2.34. The zero-order valence-electron chi connectivity index (χ0n) is 17.4. The highest BCUT2D eigenvalue weighted by atomic mass is 16.5. The maximum absolute atomic E-state index is 13.3. The molecule has 1 fully saturated rings. The quantitative estimate of drug-likeness (QED) is 0.555. The van der Waals surface area contributed by atoms with Crippen molar-refractivity contribution in [1.29, 1.82) is 0 Å². The fourth-order valence-electron chi connectivity index (χ4n) is 4.12. The Bertz CT molecular complexity index is 792. The first kappa shape index (κ1) is 20.6. The minimum absolute atomic E-state index is 0.00191. The van der Waals surface area contributed by atoms with Gasteiger partial charge >= 0.3 is 0 Å². The second-order valence-corrected chi connectivity index (χ2v) is 7.81. The molecule has 0 spiro atoms. The smallest absolute Gasteiger partial charge is 0.277 e. The maximum Gasteiger partial charge on any atom is 0.277 e. The summed E-state index contributed by atoms with van der Waals surface area (Å²) in [5, 5.41) is 0. The van der Waals surface area contributed by atoms with Gasteiger partial charge in [-0.15, -0.1) is 0 Å². The lowest BCUT2D eigenvalue weighted by molar-refractivity contribution is -0.138. The third kappa shape index (κ3) is 3.98. The molecule has 6 nitrogen and oxygen atoms in total. The summed E-state index contributed by atoms with van der Waals surface area (Å²) in [6.07, 6.45) is 0.626. The molecule has 1 aromatic rings. The number of benzene rings is 1. The molecule has 0 radical (unpaired) electrons. The first-order valence-electron chi connectivity index (χ1n) is 9.91. The van der Waals surface area contributed by atoms with Crippen molar-refractivity contribution in [1.82, 2.24) is 9.80 Å². The number of hydrogen-bond acceptors (Lipinski definition) is 5. The van der Waals surface area contributed by atoms with Crippen molar-refractivity contribution in [3.05, 3.63) is 40.6 Å². The minimum Gasteiger partial charge on any atom is -0.385 e. The van der Waals surface area contributed by atoms with Gasteiger partial charge in [0.05, 0.1) is 17.8 Å². The SMILES string of the molecule is COCCCN1C(=O)C(c2ccc(C)cc2C)=C(N2CC(C)OC(C)C2)C1=O. The largest absolute Gasteiger partial charge is 0.385 e. The molecule has 0 aromatic heterocycles. The van der Waals surface area contributed by atoms with Gasteiger partial charge in [-0.2, -0.15) is 0 Å². The number of imide groups is 1. The van der Waals surface area contributed by atoms with Crippen molar-refractivity contribution in [3.8, 4) is 0 Å². The van der Waals surface area contributed by atoms with Crippen LogP contribution < -0.4 is 0 Å². The molecule has 2 heterocycles. The molecular formula is C22H30N2O4. The zero-order valence-corrected chi connectivity index (χ0v) is 17.4. The fraction of sp³-hybridized carbons (Fsp3) is 0.545. The van der Waals surface area contributed by atoms with E-state index >= 15 is 0 Å². The molecule has 1 saturated heterocycles. The number of aryl methyl sites for hydroxylation is 2. The topological polar surface area (TPSA) is 59.1 Å². The molecule has 2 unspecified atom stereocenters. The van der Waals surface area contributed by atoms with E-state index < -0.39 is 0 Å². The fourth-order valence-corrected chi connectivity index (χ4v) is 4.12. The van der Waals surface area contributed by atoms with Gasteiger partial charge in [0.1, 0.15) is 5.70 Å². The molecule has 3 rings (SSSR count). The van der Waals surface area contributed by atoms with Crippen LogP contribution in [0.25, 0.3) is 5.57 Å². The normalized spacial score (nSPS) is 23.2. The third-order valence-electron chi connectivity index (χ3n) is 5.26. The number of hydrogen-bond donors (Lipinski definition) is 0. The lowest BCUT2D eigenvalue weighted by Gasteiger charge is -2.37. The van der Waals surface area contributed by atoms with Crippen molar-refractivity contribution < 1.29 is 19.1 Å². The number of rotatable bonds is 6. The van der Waals surface area contributed by atoms with Gasteiger partial charge in [-0.1, -0.05) is 23.8 Å². The van der Waals surface area contributed by atoms with Crippen LogP contribution in [-0.4, -0.2) is 67.2 Å². The molecule has 0 aliphatic carbocycles. The highest BCUT2D eigenvalue weighted by Gasteiger charge is 2.43. The van der Waals surface area contributed by atoms with Gasteiger partial charge in [-0.3, -0.25) is 14.5 Å². The van der Waals surface area contributed by atoms with Crippen molar-refractivity contribution in [2.75, 3.05) is 33.4 Å². The van der Waals surface area contributed by atoms with Gasteiger partial charge in [0.2, 0.25) is 0 Å². The van der Waals surface area contributed by atoms with Crippen LogP contribution in [-0.2, 0) is 19.1 Å². The molecule has 1 aromatic carbocycles. The predicted molar refractivity (Wildman–Crippen MR) is 108 cm³/mol. The van der Waals surface area contributed by atoms with Crippen LogP contribution in [0.2, 0.25) is 0 Å². The Morgan fingerprint density at radius 2 is 1.79 bits per heavy atom. The van der Waals surface area contributed by atoms with Crippen molar-refractivity contribution in [2.24, 2.45) is 0 Å². The van der Waals surface area contributed by atoms with E-state index in [4.69, 9.17) is 9.47 Å². The molecular weight excluding hydrogens is 356 g/mol. The number of nitrogens with zero attached hydrogens (tertiary/aromatic N) is 2. The summed E-state index contributed by atoms with van der Waals surface area (Å²) in [6, 6.07) is 6.00. The molecule has 28 heavy (non-hydrogen) atoms. The van der Waals surface area contributed by atoms with E-state index in [0.717, 1.165) is 16.7 Å². The third-order valence-corrected chi connectivity index (χ3v) is 5.26. The number of morpholine rings is 1. The van der Waals surface area contributed by atoms with Gasteiger partial charge in [0.15, 0.2) is 0 Å². The lowest BCUT2D eigenvalue weighted by Crippen LogP contribution is -2.47. The number of methoxy groups -OCH3 is 1. The van der Waals surface area contributed by atoms with Crippen LogP contribution in [0, 0.1) is 13.8 Å². The average Bonchev–Trinajstić information content (AvgIpc) is 2.85. The van der Waals surface area contributed by atoms with Crippen LogP contribution in [0.4, 0.5) is 0 Å². The van der Waals surface area contributed by atoms with Crippen LogP contribution in [0.3, 0.4) is 0 Å². The van der Waals surface area contributed by atoms with Crippen molar-refractivity contribution in [2.45, 2.75) is 46.3 Å². The van der Waals surface area contributed by atoms with E-state index in [-0.39, 0.29) is 24.0 Å². The van der Waals surface area contributed by atoms with E-state index in [0.29, 0.717) is 43.9 Å². The number of ether oxygens (including phenoxy) is 2. The first-order valence-corrected chi connectivity index (χ1v) is 9.91. The lowest BCUT2D eigenvalue weighted by atomic mass is 9.97. The second kappa shape index (κ2) is 8.45. The summed E-state index contributed by atoms with van der Waals surface area (Å²) in [5.74, 6) is -0.424. The zero-order chi connectivity index (χ0) is 20.4. The summed E-state index contributed by atoms with van der Waals surface area (Å²) >= 11 is 0. The molecule has 2 aliphatic heterocycles. The van der Waals surface area contributed by atoms with Gasteiger partial charge in [-0.05, 0) is 45.2 Å². The number of carbonyl (C=O) groups is 2. The standard InChI is InChI=1S/C22H30N2O4/c1-14-7-8-18(15(2)11-14)19-20(23-12-16(3)28-17(4)13-23)22(26)24(21(19)25)9-6-10-27-5/h7-8,11,16-17H,6,9-10,12-13H2,1-5H3. The number of carbonyl (C=O) groups excluding carboxylic acids is 2. The molecule has 0 saturated carbocycles. The molecule has 2 amide bonds. The van der Waals surface area contributed by atoms with E-state index in [9.17, 15) is 9.59 Å². The summed E-state index contributed by atoms with van der Waals surface area (Å²) in [6.45, 7) is 10.1. The van der Waals surface area contributed by atoms with Crippen LogP contribution in [0.15, 0.2) is 23.9 Å². The van der Waals surface area contributed by atoms with Crippen molar-refractivity contribution >= 4 is 17.4 Å². The predicted octanol–water partition coefficient (Wildman–Crippen LogP) is 2.53. The summed E-state index contributed by atoms with van der Waals surface area (Å²) < 4.78 is 10.9. The Morgan fingerprint density at radius 3 is 2.39 bits per heavy atom. The summed E-state index contributed by atoms with van der Waals surface area (Å²) in [4.78, 5) is 30.0. The Balaban J connectivity index is 2.05. The average molecular weight is 386 g/mol. The molecule has 0 N–H and O–H groups in total. The molecule has 152 valence electrons. The van der Waals surface area contributed by atoms with Gasteiger partial charge in [0, 0.05) is 33.4 Å². The van der Waals surface area contributed by atoms with Gasteiger partial charge < -0.3 is 14.4 Å². The van der Waals surface area contributed by atoms with Gasteiger partial charge in [-0.25, -0.2) is 0 Å². The Morgan fingerprint density at radius 1 is 1.11 bits per heavy atom. The first-order chi connectivity index (χ1) is 13.3. The van der Waals surface area contributed by atoms with E-state index in [2.05, 4.69) is 6.07 Å². The highest BCUT2D eigenvalue weighted by molar-refractivity contribution is 6.35. The van der Waals surface area contributed by atoms with Crippen LogP contribution >= 0.6 is 0 Å². The second-order valence-electron chi connectivity index (χ2n) is 7.81. The minimum atomic E-state index is -0.213. The van der Waals surface area contributed by atoms with Gasteiger partial charge in [0.25, 0.3) is 11.8 Å². The summed E-state index contributed by atoms with van der Waals surface area (Å²) in [5.41, 5.74) is 3.99. The molecule has 2 aliphatic rings. The van der Waals surface area contributed by atoms with Crippen LogP contribution in [0.1, 0.15) is 37.0 Å². The van der Waals surface area contributed by atoms with Crippen molar-refractivity contribution in [3.63, 3.8) is 0 Å². The monoisotopic (exact) mass is 386 g/mol. The number of amides is 2. The Kier molecular flexibility index (Phi) is 6.20. The van der Waals surface area contributed by atoms with E-state index in [1.807, 2.05) is 44.7 Å². The Hall–Kier alpha value is -2.18. The van der Waals surface area contributed by atoms with E-state index in [1.54, 1.807) is 7.11 Å². The molecule has 2 atom stereocenters. The summed E-state index contributed by atoms with van der Waals surface area (Å²) in [7, 11) is 1.62. The van der Waals surface area contributed by atoms with Crippen LogP contribution in [0.5, 0.6) is 0 Å². The molecule has 0 bridgehead atoms.